The van der Waals surface area contributed by atoms with E-state index < -0.39 is 0 Å². The van der Waals surface area contributed by atoms with Crippen LogP contribution in [0.1, 0.15) is 35.1 Å². The molecule has 2 aromatic heterocycles. The predicted octanol–water partition coefficient (Wildman–Crippen LogP) is 2.83. The van der Waals surface area contributed by atoms with Gasteiger partial charge in [-0.3, -0.25) is 0 Å². The topological polar surface area (TPSA) is 41.1 Å². The fraction of sp³-hybridized carbons (Fsp3) is 0.538. The Morgan fingerprint density at radius 1 is 1.53 bits per heavy atom. The second-order valence-electron chi connectivity index (χ2n) is 4.88. The van der Waals surface area contributed by atoms with Crippen LogP contribution >= 0.6 is 22.7 Å². The highest BCUT2D eigenvalue weighted by Crippen LogP contribution is 2.37. The van der Waals surface area contributed by atoms with Crippen LogP contribution in [0.15, 0.2) is 10.9 Å². The molecule has 2 heterocycles. The highest BCUT2D eigenvalue weighted by molar-refractivity contribution is 7.15. The van der Waals surface area contributed by atoms with Gasteiger partial charge in [0.2, 0.25) is 0 Å². The number of aryl methyl sites for hydroxylation is 1. The first kappa shape index (κ1) is 13.0. The maximum absolute atomic E-state index is 4.81. The summed E-state index contributed by atoms with van der Waals surface area (Å²) < 4.78 is 0. The highest BCUT2D eigenvalue weighted by Gasteiger charge is 2.24. The van der Waals surface area contributed by atoms with Gasteiger partial charge in [0.15, 0.2) is 5.13 Å². The van der Waals surface area contributed by atoms with Crippen molar-refractivity contribution in [3.63, 3.8) is 0 Å². The highest BCUT2D eigenvalue weighted by atomic mass is 32.1. The maximum Gasteiger partial charge on any atom is 0.185 e. The molecule has 0 fully saturated rings. The number of nitrogens with zero attached hydrogens (tertiary/aromatic N) is 3. The number of hydrogen-bond acceptors (Lipinski definition) is 6. The molecule has 19 heavy (non-hydrogen) atoms. The average molecular weight is 294 g/mol. The van der Waals surface area contributed by atoms with Gasteiger partial charge in [0.25, 0.3) is 0 Å². The molecular weight excluding hydrogens is 276 g/mol. The summed E-state index contributed by atoms with van der Waals surface area (Å²) in [5.41, 5.74) is 4.29. The number of aromatic nitrogens is 2. The van der Waals surface area contributed by atoms with Crippen LogP contribution in [0.4, 0.5) is 5.13 Å². The predicted molar refractivity (Wildman–Crippen MR) is 81.1 cm³/mol. The normalized spacial score (nSPS) is 18.3. The molecule has 0 aliphatic heterocycles. The van der Waals surface area contributed by atoms with Crippen LogP contribution in [0.25, 0.3) is 0 Å². The zero-order valence-corrected chi connectivity index (χ0v) is 12.9. The Hall–Kier alpha value is -0.980. The number of hydrogen-bond donors (Lipinski definition) is 1. The van der Waals surface area contributed by atoms with E-state index in [1.165, 1.54) is 23.4 Å². The maximum atomic E-state index is 4.81. The number of anilines is 1. The standard InChI is InChI=1S/C13H18N4S2/c1-14-10-4-3-5-11-12(10)19-13(16-11)17(2)6-9-7-18-8-15-9/h7-8,10,14H,3-6H2,1-2H3. The van der Waals surface area contributed by atoms with E-state index in [9.17, 15) is 0 Å². The van der Waals surface area contributed by atoms with Crippen LogP contribution in [-0.2, 0) is 13.0 Å². The molecular formula is C13H18N4S2. The first-order chi connectivity index (χ1) is 9.28. The smallest absolute Gasteiger partial charge is 0.185 e. The molecule has 4 nitrogen and oxygen atoms in total. The van der Waals surface area contributed by atoms with Crippen molar-refractivity contribution in [2.75, 3.05) is 19.0 Å². The monoisotopic (exact) mass is 294 g/mol. The van der Waals surface area contributed by atoms with E-state index in [-0.39, 0.29) is 0 Å². The van der Waals surface area contributed by atoms with Gasteiger partial charge in [-0.25, -0.2) is 9.97 Å². The molecule has 0 saturated carbocycles. The third kappa shape index (κ3) is 2.66. The van der Waals surface area contributed by atoms with E-state index in [1.54, 1.807) is 11.3 Å². The first-order valence-electron chi connectivity index (χ1n) is 6.53. The van der Waals surface area contributed by atoms with Gasteiger partial charge in [0, 0.05) is 23.3 Å². The Bertz CT molecular complexity index is 535. The summed E-state index contributed by atoms with van der Waals surface area (Å²) >= 11 is 3.47. The largest absolute Gasteiger partial charge is 0.345 e. The molecule has 0 amide bonds. The van der Waals surface area contributed by atoms with Crippen LogP contribution in [0.3, 0.4) is 0 Å². The van der Waals surface area contributed by atoms with Crippen molar-refractivity contribution in [1.29, 1.82) is 0 Å². The molecule has 0 aromatic carbocycles. The molecule has 0 saturated heterocycles. The summed E-state index contributed by atoms with van der Waals surface area (Å²) in [4.78, 5) is 12.8. The van der Waals surface area contributed by atoms with Gasteiger partial charge in [-0.1, -0.05) is 11.3 Å². The van der Waals surface area contributed by atoms with Gasteiger partial charge in [-0.05, 0) is 26.3 Å². The van der Waals surface area contributed by atoms with Gasteiger partial charge in [0.05, 0.1) is 23.4 Å². The van der Waals surface area contributed by atoms with Crippen LogP contribution in [0.2, 0.25) is 0 Å². The van der Waals surface area contributed by atoms with Crippen molar-refractivity contribution in [3.05, 3.63) is 27.2 Å². The zero-order chi connectivity index (χ0) is 13.2. The summed E-state index contributed by atoms with van der Waals surface area (Å²) in [7, 11) is 4.14. The molecule has 6 heteroatoms. The quantitative estimate of drug-likeness (QED) is 0.941. The third-order valence-electron chi connectivity index (χ3n) is 3.50. The molecule has 1 N–H and O–H groups in total. The second-order valence-corrected chi connectivity index (χ2v) is 6.60. The number of fused-ring (bicyclic) bond motifs is 1. The molecule has 2 aromatic rings. The van der Waals surface area contributed by atoms with Crippen LogP contribution in [-0.4, -0.2) is 24.1 Å². The Morgan fingerprint density at radius 2 is 2.42 bits per heavy atom. The van der Waals surface area contributed by atoms with Crippen molar-refractivity contribution >= 4 is 27.8 Å². The van der Waals surface area contributed by atoms with Gasteiger partial charge < -0.3 is 10.2 Å². The lowest BCUT2D eigenvalue weighted by molar-refractivity contribution is 0.501. The summed E-state index contributed by atoms with van der Waals surface area (Å²) in [5, 5.41) is 6.61. The van der Waals surface area contributed by atoms with Crippen LogP contribution < -0.4 is 10.2 Å². The average Bonchev–Trinajstić information content (AvgIpc) is 3.06. The Labute approximate surface area is 121 Å². The van der Waals surface area contributed by atoms with Crippen LogP contribution in [0.5, 0.6) is 0 Å². The minimum Gasteiger partial charge on any atom is -0.345 e. The molecule has 0 radical (unpaired) electrons. The molecule has 0 bridgehead atoms. The Morgan fingerprint density at radius 3 is 3.16 bits per heavy atom. The van der Waals surface area contributed by atoms with Crippen molar-refractivity contribution in [2.45, 2.75) is 31.8 Å². The lowest BCUT2D eigenvalue weighted by Gasteiger charge is -2.19. The van der Waals surface area contributed by atoms with Gasteiger partial charge in [-0.2, -0.15) is 0 Å². The molecule has 3 rings (SSSR count). The molecule has 1 aliphatic carbocycles. The third-order valence-corrected chi connectivity index (χ3v) is 5.46. The Kier molecular flexibility index (Phi) is 3.81. The van der Waals surface area contributed by atoms with Crippen molar-refractivity contribution in [2.24, 2.45) is 0 Å². The minimum absolute atomic E-state index is 0.489. The molecule has 1 atom stereocenters. The van der Waals surface area contributed by atoms with Gasteiger partial charge >= 0.3 is 0 Å². The molecule has 1 unspecified atom stereocenters. The van der Waals surface area contributed by atoms with Crippen molar-refractivity contribution in [1.82, 2.24) is 15.3 Å². The fourth-order valence-corrected chi connectivity index (χ4v) is 4.24. The summed E-state index contributed by atoms with van der Waals surface area (Å²) in [5.74, 6) is 0. The lowest BCUT2D eigenvalue weighted by Crippen LogP contribution is -2.19. The van der Waals surface area contributed by atoms with E-state index >= 15 is 0 Å². The number of rotatable bonds is 4. The van der Waals surface area contributed by atoms with E-state index in [0.29, 0.717) is 6.04 Å². The first-order valence-corrected chi connectivity index (χ1v) is 8.29. The number of thiazole rings is 2. The zero-order valence-electron chi connectivity index (χ0n) is 11.2. The molecule has 1 aliphatic rings. The summed E-state index contributed by atoms with van der Waals surface area (Å²) in [6, 6.07) is 0.489. The van der Waals surface area contributed by atoms with Crippen LogP contribution in [0, 0.1) is 0 Å². The molecule has 0 spiro atoms. The van der Waals surface area contributed by atoms with Gasteiger partial charge in [0.1, 0.15) is 0 Å². The Balaban J connectivity index is 1.80. The SMILES string of the molecule is CNC1CCCc2nc(N(C)Cc3cscn3)sc21. The fourth-order valence-electron chi connectivity index (χ4n) is 2.47. The van der Waals surface area contributed by atoms with E-state index in [4.69, 9.17) is 4.98 Å². The van der Waals surface area contributed by atoms with Crippen molar-refractivity contribution < 1.29 is 0 Å². The number of nitrogens with one attached hydrogen (secondary N) is 1. The molecule has 102 valence electrons. The van der Waals surface area contributed by atoms with E-state index in [1.807, 2.05) is 23.9 Å². The second kappa shape index (κ2) is 5.56. The van der Waals surface area contributed by atoms with Gasteiger partial charge in [-0.15, -0.1) is 11.3 Å². The summed E-state index contributed by atoms with van der Waals surface area (Å²) in [6.07, 6.45) is 3.58. The van der Waals surface area contributed by atoms with E-state index in [2.05, 4.69) is 27.6 Å². The van der Waals surface area contributed by atoms with Crippen molar-refractivity contribution in [3.8, 4) is 0 Å². The van der Waals surface area contributed by atoms with E-state index in [0.717, 1.165) is 23.8 Å². The minimum atomic E-state index is 0.489. The summed E-state index contributed by atoms with van der Waals surface area (Å²) in [6.45, 7) is 0.833. The lowest BCUT2D eigenvalue weighted by atomic mass is 9.98.